The zero-order valence-electron chi connectivity index (χ0n) is 4.54. The van der Waals surface area contributed by atoms with Gasteiger partial charge in [-0.25, -0.2) is 0 Å². The Hall–Kier alpha value is -0.132. The molecular weight excluding hydrogens is 198 g/mol. The molecule has 0 unspecified atom stereocenters. The maximum atomic E-state index is 10.3. The predicted molar refractivity (Wildman–Crippen MR) is 37.5 cm³/mol. The van der Waals surface area contributed by atoms with Crippen molar-refractivity contribution in [3.05, 3.63) is 29.3 Å². The van der Waals surface area contributed by atoms with Crippen LogP contribution in [0.3, 0.4) is 0 Å². The first-order valence-corrected chi connectivity index (χ1v) is 4.50. The fourth-order valence-corrected chi connectivity index (χ4v) is 1.60. The van der Waals surface area contributed by atoms with Crippen molar-refractivity contribution in [2.24, 2.45) is 0 Å². The minimum absolute atomic E-state index is 0.652. The number of hydrogen-bond donors (Lipinski definition) is 0. The van der Waals surface area contributed by atoms with Crippen molar-refractivity contribution in [2.75, 3.05) is 0 Å². The molecule has 1 nitrogen and oxygen atoms in total. The molecule has 0 saturated carbocycles. The van der Waals surface area contributed by atoms with Crippen LogP contribution in [0.5, 0.6) is 0 Å². The van der Waals surface area contributed by atoms with Crippen molar-refractivity contribution in [1.82, 2.24) is 0 Å². The van der Waals surface area contributed by atoms with Gasteiger partial charge in [-0.15, -0.1) is 0 Å². The Morgan fingerprint density at radius 3 is 2.67 bits per heavy atom. The van der Waals surface area contributed by atoms with E-state index < -0.39 is 15.7 Å². The van der Waals surface area contributed by atoms with Gasteiger partial charge in [-0.1, -0.05) is 0 Å². The molecule has 0 heterocycles. The summed E-state index contributed by atoms with van der Waals surface area (Å²) in [5.74, 6) is 0. The Labute approximate surface area is 64.9 Å². The van der Waals surface area contributed by atoms with Crippen LogP contribution in [0, 0.1) is 0 Å². The molecular formula is C6H4AsClO. The Morgan fingerprint density at radius 2 is 2.22 bits per heavy atom. The molecule has 1 aromatic carbocycles. The van der Waals surface area contributed by atoms with E-state index in [9.17, 15) is 3.74 Å². The third-order valence-electron chi connectivity index (χ3n) is 0.914. The van der Waals surface area contributed by atoms with Crippen molar-refractivity contribution in [1.29, 1.82) is 0 Å². The van der Waals surface area contributed by atoms with Gasteiger partial charge < -0.3 is 0 Å². The zero-order chi connectivity index (χ0) is 6.69. The molecule has 1 rings (SSSR count). The first-order valence-electron chi connectivity index (χ1n) is 2.42. The van der Waals surface area contributed by atoms with Crippen molar-refractivity contribution in [3.8, 4) is 0 Å². The summed E-state index contributed by atoms with van der Waals surface area (Å²) in [6.45, 7) is 0. The molecule has 0 aliphatic rings. The van der Waals surface area contributed by atoms with Crippen LogP contribution >= 0.6 is 11.6 Å². The molecule has 0 atom stereocenters. The van der Waals surface area contributed by atoms with Crippen molar-refractivity contribution >= 4 is 31.6 Å². The molecule has 0 N–H and O–H groups in total. The van der Waals surface area contributed by atoms with E-state index in [1.807, 2.05) is 0 Å². The second-order valence-electron chi connectivity index (χ2n) is 1.57. The van der Waals surface area contributed by atoms with Gasteiger partial charge in [0.15, 0.2) is 0 Å². The molecule has 0 aliphatic carbocycles. The van der Waals surface area contributed by atoms with Crippen LogP contribution in [0.4, 0.5) is 0 Å². The van der Waals surface area contributed by atoms with Crippen LogP contribution in [0.2, 0.25) is 5.02 Å². The Bertz CT molecular complexity index is 224. The maximum absolute atomic E-state index is 10.3. The fourth-order valence-electron chi connectivity index (χ4n) is 0.533. The number of halogens is 1. The quantitative estimate of drug-likeness (QED) is 0.622. The summed E-state index contributed by atoms with van der Waals surface area (Å²) in [4.78, 5) is 0. The Morgan fingerprint density at radius 1 is 1.44 bits per heavy atom. The van der Waals surface area contributed by atoms with E-state index in [0.29, 0.717) is 5.02 Å². The Balaban J connectivity index is 3.07. The van der Waals surface area contributed by atoms with Gasteiger partial charge in [0.2, 0.25) is 0 Å². The van der Waals surface area contributed by atoms with Gasteiger partial charge in [-0.3, -0.25) is 0 Å². The van der Waals surface area contributed by atoms with E-state index in [0.717, 1.165) is 4.35 Å². The SMILES string of the molecule is O=[As]c1cccc(Cl)c1. The van der Waals surface area contributed by atoms with Crippen LogP contribution < -0.4 is 4.35 Å². The van der Waals surface area contributed by atoms with Crippen molar-refractivity contribution in [2.45, 2.75) is 0 Å². The standard InChI is InChI=1S/C6H4AsClO/c8-6-3-1-2-5(4-6)7-9/h1-4H. The van der Waals surface area contributed by atoms with Gasteiger partial charge in [0, 0.05) is 0 Å². The monoisotopic (exact) mass is 202 g/mol. The predicted octanol–water partition coefficient (Wildman–Crippen LogP) is 1.02. The van der Waals surface area contributed by atoms with E-state index in [-0.39, 0.29) is 0 Å². The van der Waals surface area contributed by atoms with Gasteiger partial charge in [-0.2, -0.15) is 0 Å². The number of benzene rings is 1. The average molecular weight is 202 g/mol. The molecule has 0 amide bonds. The normalized spacial score (nSPS) is 9.89. The summed E-state index contributed by atoms with van der Waals surface area (Å²) in [7, 11) is 0. The third kappa shape index (κ3) is 1.92. The van der Waals surface area contributed by atoms with Crippen LogP contribution in [0.15, 0.2) is 24.3 Å². The second-order valence-corrected chi connectivity index (χ2v) is 3.47. The fraction of sp³-hybridized carbons (Fsp3) is 0. The molecule has 0 saturated heterocycles. The summed E-state index contributed by atoms with van der Waals surface area (Å²) in [6, 6.07) is 7.08. The van der Waals surface area contributed by atoms with Crippen molar-refractivity contribution in [3.63, 3.8) is 0 Å². The van der Waals surface area contributed by atoms with Gasteiger partial charge in [0.25, 0.3) is 0 Å². The summed E-state index contributed by atoms with van der Waals surface area (Å²) < 4.78 is 11.2. The molecule has 0 aromatic heterocycles. The van der Waals surface area contributed by atoms with Crippen LogP contribution in [0.1, 0.15) is 0 Å². The van der Waals surface area contributed by atoms with E-state index in [4.69, 9.17) is 11.6 Å². The molecule has 0 bridgehead atoms. The summed E-state index contributed by atoms with van der Waals surface area (Å²) in [5, 5.41) is 0.652. The molecule has 1 aromatic rings. The van der Waals surface area contributed by atoms with E-state index in [1.165, 1.54) is 0 Å². The van der Waals surface area contributed by atoms with E-state index >= 15 is 0 Å². The minimum atomic E-state index is -0.917. The third-order valence-corrected chi connectivity index (χ3v) is 2.17. The average Bonchev–Trinajstić information content (AvgIpc) is 1.88. The number of hydrogen-bond acceptors (Lipinski definition) is 1. The van der Waals surface area contributed by atoms with Crippen molar-refractivity contribution < 1.29 is 3.74 Å². The molecule has 0 fully saturated rings. The van der Waals surface area contributed by atoms with Gasteiger partial charge in [-0.05, 0) is 0 Å². The van der Waals surface area contributed by atoms with E-state index in [2.05, 4.69) is 0 Å². The molecule has 0 radical (unpaired) electrons. The van der Waals surface area contributed by atoms with Gasteiger partial charge in [0.1, 0.15) is 0 Å². The summed E-state index contributed by atoms with van der Waals surface area (Å²) >= 11 is 4.68. The Kier molecular flexibility index (Phi) is 2.44. The second kappa shape index (κ2) is 3.14. The first-order chi connectivity index (χ1) is 4.33. The van der Waals surface area contributed by atoms with E-state index in [1.54, 1.807) is 24.3 Å². The molecule has 9 heavy (non-hydrogen) atoms. The molecule has 0 aliphatic heterocycles. The zero-order valence-corrected chi connectivity index (χ0v) is 7.18. The van der Waals surface area contributed by atoms with Crippen LogP contribution in [-0.4, -0.2) is 15.7 Å². The topological polar surface area (TPSA) is 17.1 Å². The number of rotatable bonds is 1. The molecule has 0 spiro atoms. The van der Waals surface area contributed by atoms with Gasteiger partial charge in [0.05, 0.1) is 0 Å². The van der Waals surface area contributed by atoms with Crippen LogP contribution in [0.25, 0.3) is 0 Å². The molecule has 46 valence electrons. The van der Waals surface area contributed by atoms with Gasteiger partial charge >= 0.3 is 64.7 Å². The summed E-state index contributed by atoms with van der Waals surface area (Å²) in [6.07, 6.45) is 0. The van der Waals surface area contributed by atoms with Crippen LogP contribution in [-0.2, 0) is 3.74 Å². The first kappa shape index (κ1) is 6.98. The molecule has 3 heteroatoms. The summed E-state index contributed by atoms with van der Waals surface area (Å²) in [5.41, 5.74) is 0.